The Hall–Kier alpha value is -3.04. The highest BCUT2D eigenvalue weighted by Crippen LogP contribution is 2.26. The van der Waals surface area contributed by atoms with Crippen LogP contribution in [0.5, 0.6) is 0 Å². The molecule has 4 aromatic rings. The van der Waals surface area contributed by atoms with Crippen LogP contribution in [0, 0.1) is 6.92 Å². The van der Waals surface area contributed by atoms with E-state index in [0.717, 1.165) is 10.7 Å². The highest BCUT2D eigenvalue weighted by Gasteiger charge is 2.19. The van der Waals surface area contributed by atoms with Crippen LogP contribution in [-0.2, 0) is 11.3 Å². The number of pyridine rings is 1. The van der Waals surface area contributed by atoms with Crippen LogP contribution in [0.3, 0.4) is 0 Å². The number of thiazole rings is 2. The summed E-state index contributed by atoms with van der Waals surface area (Å²) in [7, 11) is 0. The van der Waals surface area contributed by atoms with E-state index in [4.69, 9.17) is 4.74 Å². The van der Waals surface area contributed by atoms with Crippen molar-refractivity contribution < 1.29 is 9.53 Å². The Morgan fingerprint density at radius 2 is 1.85 bits per heavy atom. The normalized spacial score (nSPS) is 10.7. The fourth-order valence-electron chi connectivity index (χ4n) is 2.28. The second-order valence-corrected chi connectivity index (χ2v) is 7.30. The third-order valence-corrected chi connectivity index (χ3v) is 5.57. The van der Waals surface area contributed by atoms with Crippen molar-refractivity contribution in [3.8, 4) is 21.5 Å². The maximum absolute atomic E-state index is 12.4. The number of carbonyl (C=O) groups is 1. The van der Waals surface area contributed by atoms with Gasteiger partial charge < -0.3 is 4.74 Å². The molecule has 0 aliphatic heterocycles. The molecule has 0 aliphatic carbocycles. The smallest absolute Gasteiger partial charge is 0.350 e. The number of rotatable bonds is 5. The summed E-state index contributed by atoms with van der Waals surface area (Å²) in [6.07, 6.45) is 4.99. The van der Waals surface area contributed by atoms with Crippen molar-refractivity contribution in [1.29, 1.82) is 0 Å². The highest BCUT2D eigenvalue weighted by atomic mass is 32.1. The molecule has 27 heavy (non-hydrogen) atoms. The Balaban J connectivity index is 1.45. The number of hydrogen-bond donors (Lipinski definition) is 0. The van der Waals surface area contributed by atoms with Crippen LogP contribution < -0.4 is 0 Å². The van der Waals surface area contributed by atoms with E-state index in [0.29, 0.717) is 27.1 Å². The molecule has 0 bridgehead atoms. The molecule has 0 amide bonds. The molecule has 7 nitrogen and oxygen atoms in total. The predicted octanol–water partition coefficient (Wildman–Crippen LogP) is 3.78. The number of carbonyl (C=O) groups excluding carboxylic acids is 1. The van der Waals surface area contributed by atoms with E-state index in [1.165, 1.54) is 22.7 Å². The fraction of sp³-hybridized carbons (Fsp3) is 0.111. The van der Waals surface area contributed by atoms with Crippen molar-refractivity contribution in [2.75, 3.05) is 0 Å². The van der Waals surface area contributed by atoms with Crippen LogP contribution in [0.1, 0.15) is 21.1 Å². The number of aryl methyl sites for hydroxylation is 1. The van der Waals surface area contributed by atoms with Gasteiger partial charge in [0.25, 0.3) is 0 Å². The van der Waals surface area contributed by atoms with Crippen molar-refractivity contribution in [1.82, 2.24) is 24.9 Å². The molecule has 0 unspecified atom stereocenters. The lowest BCUT2D eigenvalue weighted by atomic mass is 10.4. The SMILES string of the molecule is Cc1nc(-c2ncccn2)sc1C(=O)OCc1csc(-c2ccccn2)n1. The Bertz CT molecular complexity index is 1060. The molecule has 0 saturated heterocycles. The third-order valence-electron chi connectivity index (χ3n) is 3.53. The van der Waals surface area contributed by atoms with E-state index in [9.17, 15) is 4.79 Å². The summed E-state index contributed by atoms with van der Waals surface area (Å²) in [4.78, 5) is 34.3. The molecule has 0 atom stereocenters. The van der Waals surface area contributed by atoms with Crippen molar-refractivity contribution in [3.05, 3.63) is 64.5 Å². The topological polar surface area (TPSA) is 90.8 Å². The van der Waals surface area contributed by atoms with E-state index >= 15 is 0 Å². The quantitative estimate of drug-likeness (QED) is 0.475. The molecule has 4 heterocycles. The third kappa shape index (κ3) is 3.88. The first-order chi connectivity index (χ1) is 13.2. The monoisotopic (exact) mass is 395 g/mol. The zero-order valence-electron chi connectivity index (χ0n) is 14.2. The Kier molecular flexibility index (Phi) is 4.95. The minimum absolute atomic E-state index is 0.0939. The molecule has 0 saturated carbocycles. The summed E-state index contributed by atoms with van der Waals surface area (Å²) >= 11 is 2.68. The van der Waals surface area contributed by atoms with Gasteiger partial charge in [0, 0.05) is 24.0 Å². The summed E-state index contributed by atoms with van der Waals surface area (Å²) < 4.78 is 5.41. The number of ether oxygens (including phenoxy) is 1. The molecule has 0 spiro atoms. The standard InChI is InChI=1S/C18H13N5O2S2/c1-11-14(27-17(22-11)15-20-7-4-8-21-15)18(24)25-9-12-10-26-16(23-12)13-5-2-3-6-19-13/h2-8,10H,9H2,1H3. The largest absolute Gasteiger partial charge is 0.455 e. The van der Waals surface area contributed by atoms with Gasteiger partial charge in [0.05, 0.1) is 17.1 Å². The Morgan fingerprint density at radius 3 is 2.63 bits per heavy atom. The Morgan fingerprint density at radius 1 is 1.04 bits per heavy atom. The molecule has 134 valence electrons. The van der Waals surface area contributed by atoms with Crippen LogP contribution in [-0.4, -0.2) is 30.9 Å². The lowest BCUT2D eigenvalue weighted by Crippen LogP contribution is -2.05. The maximum atomic E-state index is 12.4. The van der Waals surface area contributed by atoms with Crippen LogP contribution in [0.15, 0.2) is 48.2 Å². The summed E-state index contributed by atoms with van der Waals surface area (Å²) in [6, 6.07) is 7.38. The lowest BCUT2D eigenvalue weighted by Gasteiger charge is -2.01. The van der Waals surface area contributed by atoms with Gasteiger partial charge in [-0.15, -0.1) is 22.7 Å². The van der Waals surface area contributed by atoms with Crippen LogP contribution in [0.2, 0.25) is 0 Å². The van der Waals surface area contributed by atoms with E-state index in [2.05, 4.69) is 24.9 Å². The van der Waals surface area contributed by atoms with Gasteiger partial charge in [-0.2, -0.15) is 0 Å². The van der Waals surface area contributed by atoms with Gasteiger partial charge in [-0.25, -0.2) is 24.7 Å². The average molecular weight is 395 g/mol. The molecule has 0 aromatic carbocycles. The molecule has 9 heteroatoms. The van der Waals surface area contributed by atoms with Crippen molar-refractivity contribution >= 4 is 28.6 Å². The number of hydrogen-bond acceptors (Lipinski definition) is 9. The summed E-state index contributed by atoms with van der Waals surface area (Å²) in [5.41, 5.74) is 2.08. The molecular formula is C18H13N5O2S2. The van der Waals surface area contributed by atoms with Crippen molar-refractivity contribution in [3.63, 3.8) is 0 Å². The molecule has 4 aromatic heterocycles. The van der Waals surface area contributed by atoms with E-state index < -0.39 is 5.97 Å². The first-order valence-corrected chi connectivity index (χ1v) is 9.68. The van der Waals surface area contributed by atoms with Gasteiger partial charge in [-0.05, 0) is 25.1 Å². The first-order valence-electron chi connectivity index (χ1n) is 7.98. The second kappa shape index (κ2) is 7.68. The van der Waals surface area contributed by atoms with E-state index in [-0.39, 0.29) is 6.61 Å². The molecule has 4 rings (SSSR count). The van der Waals surface area contributed by atoms with Crippen molar-refractivity contribution in [2.45, 2.75) is 13.5 Å². The number of aromatic nitrogens is 5. The summed E-state index contributed by atoms with van der Waals surface area (Å²) in [5.74, 6) is 0.0590. The van der Waals surface area contributed by atoms with Gasteiger partial charge >= 0.3 is 5.97 Å². The van der Waals surface area contributed by atoms with E-state index in [1.807, 2.05) is 23.6 Å². The number of nitrogens with zero attached hydrogens (tertiary/aromatic N) is 5. The summed E-state index contributed by atoms with van der Waals surface area (Å²) in [6.45, 7) is 1.86. The fourth-order valence-corrected chi connectivity index (χ4v) is 3.96. The molecular weight excluding hydrogens is 382 g/mol. The molecule has 0 aliphatic rings. The first kappa shape index (κ1) is 17.4. The Labute approximate surface area is 162 Å². The predicted molar refractivity (Wildman–Crippen MR) is 102 cm³/mol. The highest BCUT2D eigenvalue weighted by molar-refractivity contribution is 7.17. The molecule has 0 radical (unpaired) electrons. The zero-order valence-corrected chi connectivity index (χ0v) is 15.8. The molecule has 0 N–H and O–H groups in total. The maximum Gasteiger partial charge on any atom is 0.350 e. The minimum Gasteiger partial charge on any atom is -0.455 e. The lowest BCUT2D eigenvalue weighted by molar-refractivity contribution is 0.0473. The summed E-state index contributed by atoms with van der Waals surface area (Å²) in [5, 5.41) is 3.24. The molecule has 0 fully saturated rings. The number of esters is 1. The minimum atomic E-state index is -0.431. The van der Waals surface area contributed by atoms with Crippen LogP contribution >= 0.6 is 22.7 Å². The van der Waals surface area contributed by atoms with E-state index in [1.54, 1.807) is 31.6 Å². The van der Waals surface area contributed by atoms with Gasteiger partial charge in [-0.3, -0.25) is 4.98 Å². The van der Waals surface area contributed by atoms with Gasteiger partial charge in [-0.1, -0.05) is 6.07 Å². The van der Waals surface area contributed by atoms with Crippen LogP contribution in [0.4, 0.5) is 0 Å². The van der Waals surface area contributed by atoms with Crippen LogP contribution in [0.25, 0.3) is 21.5 Å². The van der Waals surface area contributed by atoms with Gasteiger partial charge in [0.1, 0.15) is 16.5 Å². The van der Waals surface area contributed by atoms with Gasteiger partial charge in [0.15, 0.2) is 10.8 Å². The van der Waals surface area contributed by atoms with Gasteiger partial charge in [0.2, 0.25) is 0 Å². The zero-order chi connectivity index (χ0) is 18.6. The van der Waals surface area contributed by atoms with Crippen molar-refractivity contribution in [2.24, 2.45) is 0 Å². The average Bonchev–Trinajstić information content (AvgIpc) is 3.34. The second-order valence-electron chi connectivity index (χ2n) is 5.44.